The van der Waals surface area contributed by atoms with E-state index in [4.69, 9.17) is 11.6 Å². The Balaban J connectivity index is 2.32. The maximum Gasteiger partial charge on any atom is 0.360 e. The van der Waals surface area contributed by atoms with Gasteiger partial charge in [-0.1, -0.05) is 11.6 Å². The van der Waals surface area contributed by atoms with Gasteiger partial charge in [-0.3, -0.25) is 9.48 Å². The second-order valence-electron chi connectivity index (χ2n) is 4.39. The van der Waals surface area contributed by atoms with Crippen molar-refractivity contribution < 1.29 is 14.3 Å². The number of anilines is 1. The van der Waals surface area contributed by atoms with Crippen LogP contribution in [0.25, 0.3) is 0 Å². The number of benzene rings is 1. The maximum atomic E-state index is 12.2. The Morgan fingerprint density at radius 3 is 2.48 bits per heavy atom. The molecule has 0 aliphatic heterocycles. The van der Waals surface area contributed by atoms with E-state index in [1.807, 2.05) is 0 Å². The number of halogens is 1. The van der Waals surface area contributed by atoms with Crippen molar-refractivity contribution in [3.8, 4) is 0 Å². The van der Waals surface area contributed by atoms with Crippen molar-refractivity contribution in [1.29, 1.82) is 0 Å². The predicted molar refractivity (Wildman–Crippen MR) is 78.7 cm³/mol. The molecule has 0 saturated heterocycles. The molecule has 0 aliphatic rings. The van der Waals surface area contributed by atoms with Gasteiger partial charge >= 0.3 is 5.97 Å². The quantitative estimate of drug-likeness (QED) is 0.884. The van der Waals surface area contributed by atoms with Crippen LogP contribution in [0.4, 0.5) is 5.69 Å². The highest BCUT2D eigenvalue weighted by atomic mass is 35.5. The average molecular weight is 308 g/mol. The molecule has 21 heavy (non-hydrogen) atoms. The molecule has 0 atom stereocenters. The molecule has 1 heterocycles. The van der Waals surface area contributed by atoms with Crippen LogP contribution >= 0.6 is 11.6 Å². The van der Waals surface area contributed by atoms with Gasteiger partial charge in [-0.2, -0.15) is 5.10 Å². The van der Waals surface area contributed by atoms with Crippen molar-refractivity contribution in [3.63, 3.8) is 0 Å². The van der Waals surface area contributed by atoms with E-state index in [0.717, 1.165) is 0 Å². The molecule has 1 N–H and O–H groups in total. The van der Waals surface area contributed by atoms with Crippen molar-refractivity contribution >= 4 is 29.2 Å². The third kappa shape index (κ3) is 3.05. The van der Waals surface area contributed by atoms with Crippen LogP contribution in [0.15, 0.2) is 24.3 Å². The van der Waals surface area contributed by atoms with E-state index < -0.39 is 5.97 Å². The van der Waals surface area contributed by atoms with Gasteiger partial charge in [-0.25, -0.2) is 4.79 Å². The fourth-order valence-electron chi connectivity index (χ4n) is 1.78. The van der Waals surface area contributed by atoms with E-state index in [-0.39, 0.29) is 11.6 Å². The van der Waals surface area contributed by atoms with Gasteiger partial charge < -0.3 is 10.1 Å². The van der Waals surface area contributed by atoms with Gasteiger partial charge in [0, 0.05) is 17.6 Å². The number of aromatic nitrogens is 2. The first-order valence-electron chi connectivity index (χ1n) is 6.13. The number of carbonyl (C=O) groups excluding carboxylic acids is 2. The molecule has 0 saturated carbocycles. The lowest BCUT2D eigenvalue weighted by Gasteiger charge is -2.06. The zero-order chi connectivity index (χ0) is 15.6. The lowest BCUT2D eigenvalue weighted by molar-refractivity contribution is 0.0594. The fourth-order valence-corrected chi connectivity index (χ4v) is 1.91. The number of ether oxygens (including phenoxy) is 1. The molecule has 2 aromatic rings. The van der Waals surface area contributed by atoms with Crippen molar-refractivity contribution in [3.05, 3.63) is 46.2 Å². The zero-order valence-corrected chi connectivity index (χ0v) is 12.6. The molecule has 2 rings (SSSR count). The number of rotatable bonds is 3. The lowest BCUT2D eigenvalue weighted by atomic mass is 10.2. The molecule has 0 aliphatic carbocycles. The molecular formula is C14H14ClN3O3. The largest absolute Gasteiger partial charge is 0.464 e. The van der Waals surface area contributed by atoms with Crippen LogP contribution in [0.1, 0.15) is 26.5 Å². The van der Waals surface area contributed by atoms with Crippen LogP contribution in [0.5, 0.6) is 0 Å². The van der Waals surface area contributed by atoms with Gasteiger partial charge in [0.25, 0.3) is 5.91 Å². The summed E-state index contributed by atoms with van der Waals surface area (Å²) in [6.07, 6.45) is 0. The van der Waals surface area contributed by atoms with Crippen molar-refractivity contribution in [2.45, 2.75) is 6.92 Å². The Morgan fingerprint density at radius 2 is 1.90 bits per heavy atom. The number of aryl methyl sites for hydroxylation is 1. The summed E-state index contributed by atoms with van der Waals surface area (Å²) in [5, 5.41) is 7.27. The van der Waals surface area contributed by atoms with E-state index in [1.54, 1.807) is 38.2 Å². The van der Waals surface area contributed by atoms with Crippen LogP contribution in [0, 0.1) is 6.92 Å². The molecule has 1 amide bonds. The molecular weight excluding hydrogens is 294 g/mol. The number of hydrogen-bond acceptors (Lipinski definition) is 4. The number of hydrogen-bond donors (Lipinski definition) is 1. The summed E-state index contributed by atoms with van der Waals surface area (Å²) >= 11 is 5.78. The molecule has 1 aromatic heterocycles. The first-order valence-corrected chi connectivity index (χ1v) is 6.50. The summed E-state index contributed by atoms with van der Waals surface area (Å²) in [5.74, 6) is -0.960. The van der Waals surface area contributed by atoms with Crippen molar-refractivity contribution in [1.82, 2.24) is 9.78 Å². The highest BCUT2D eigenvalue weighted by Gasteiger charge is 2.22. The predicted octanol–water partition coefficient (Wildman–Crippen LogP) is 2.42. The van der Waals surface area contributed by atoms with E-state index >= 15 is 0 Å². The van der Waals surface area contributed by atoms with Crippen molar-refractivity contribution in [2.24, 2.45) is 7.05 Å². The second-order valence-corrected chi connectivity index (χ2v) is 4.82. The number of methoxy groups -OCH3 is 1. The first-order chi connectivity index (χ1) is 9.93. The van der Waals surface area contributed by atoms with E-state index in [1.165, 1.54) is 11.8 Å². The minimum absolute atomic E-state index is 0.0693. The third-order valence-electron chi connectivity index (χ3n) is 3.06. The van der Waals surface area contributed by atoms with Gasteiger partial charge in [0.15, 0.2) is 5.69 Å². The number of nitrogens with one attached hydrogen (secondary N) is 1. The molecule has 0 radical (unpaired) electrons. The third-order valence-corrected chi connectivity index (χ3v) is 3.31. The summed E-state index contributed by atoms with van der Waals surface area (Å²) < 4.78 is 6.17. The maximum absolute atomic E-state index is 12.2. The standard InChI is InChI=1S/C14H14ClN3O3/c1-8-11(12(14(20)21-3)17-18(8)2)16-13(19)9-4-6-10(15)7-5-9/h4-7H,1-3H3,(H,16,19). The number of amides is 1. The summed E-state index contributed by atoms with van der Waals surface area (Å²) in [7, 11) is 2.94. The minimum Gasteiger partial charge on any atom is -0.464 e. The van der Waals surface area contributed by atoms with Crippen LogP contribution in [-0.4, -0.2) is 28.8 Å². The minimum atomic E-state index is -0.606. The zero-order valence-electron chi connectivity index (χ0n) is 11.8. The molecule has 6 nitrogen and oxygen atoms in total. The summed E-state index contributed by atoms with van der Waals surface area (Å²) in [5.41, 5.74) is 1.49. The Kier molecular flexibility index (Phi) is 4.28. The summed E-state index contributed by atoms with van der Waals surface area (Å²) in [4.78, 5) is 23.9. The highest BCUT2D eigenvalue weighted by Crippen LogP contribution is 2.21. The van der Waals surface area contributed by atoms with Crippen LogP contribution in [-0.2, 0) is 11.8 Å². The Hall–Kier alpha value is -2.34. The Bertz CT molecular complexity index is 692. The molecule has 1 aromatic carbocycles. The Morgan fingerprint density at radius 1 is 1.29 bits per heavy atom. The van der Waals surface area contributed by atoms with Gasteiger partial charge in [0.2, 0.25) is 0 Å². The highest BCUT2D eigenvalue weighted by molar-refractivity contribution is 6.30. The van der Waals surface area contributed by atoms with Gasteiger partial charge in [0.1, 0.15) is 0 Å². The SMILES string of the molecule is COC(=O)c1nn(C)c(C)c1NC(=O)c1ccc(Cl)cc1. The Labute approximate surface area is 126 Å². The molecule has 0 bridgehead atoms. The lowest BCUT2D eigenvalue weighted by Crippen LogP contribution is -2.15. The number of nitrogens with zero attached hydrogens (tertiary/aromatic N) is 2. The first kappa shape index (κ1) is 15.1. The topological polar surface area (TPSA) is 73.2 Å². The van der Waals surface area contributed by atoms with Crippen LogP contribution in [0.2, 0.25) is 5.02 Å². The average Bonchev–Trinajstić information content (AvgIpc) is 2.75. The number of carbonyl (C=O) groups is 2. The van der Waals surface area contributed by atoms with Crippen LogP contribution in [0.3, 0.4) is 0 Å². The number of esters is 1. The summed E-state index contributed by atoms with van der Waals surface area (Å²) in [6, 6.07) is 6.43. The van der Waals surface area contributed by atoms with E-state index in [9.17, 15) is 9.59 Å². The van der Waals surface area contributed by atoms with E-state index in [0.29, 0.717) is 22.0 Å². The van der Waals surface area contributed by atoms with Gasteiger partial charge in [0.05, 0.1) is 18.5 Å². The van der Waals surface area contributed by atoms with E-state index in [2.05, 4.69) is 15.2 Å². The fraction of sp³-hybridized carbons (Fsp3) is 0.214. The molecule has 0 fully saturated rings. The summed E-state index contributed by atoms with van der Waals surface area (Å²) in [6.45, 7) is 1.75. The molecule has 110 valence electrons. The van der Waals surface area contributed by atoms with Crippen LogP contribution < -0.4 is 5.32 Å². The van der Waals surface area contributed by atoms with Crippen molar-refractivity contribution in [2.75, 3.05) is 12.4 Å². The van der Waals surface area contributed by atoms with Gasteiger partial charge in [-0.05, 0) is 31.2 Å². The smallest absolute Gasteiger partial charge is 0.360 e. The normalized spacial score (nSPS) is 10.3. The molecule has 7 heteroatoms. The molecule has 0 spiro atoms. The second kappa shape index (κ2) is 5.97. The molecule has 0 unspecified atom stereocenters. The van der Waals surface area contributed by atoms with Gasteiger partial charge in [-0.15, -0.1) is 0 Å². The monoisotopic (exact) mass is 307 g/mol.